The van der Waals surface area contributed by atoms with Crippen LogP contribution in [0, 0.1) is 19.7 Å². The fourth-order valence-electron chi connectivity index (χ4n) is 3.65. The highest BCUT2D eigenvalue weighted by atomic mass is 19.1. The monoisotopic (exact) mass is 421 g/mol. The summed E-state index contributed by atoms with van der Waals surface area (Å²) in [6.07, 6.45) is 1.70. The molecule has 0 unspecified atom stereocenters. The van der Waals surface area contributed by atoms with Crippen LogP contribution in [0.15, 0.2) is 41.3 Å². The average molecular weight is 421 g/mol. The number of piperazine rings is 1. The van der Waals surface area contributed by atoms with Gasteiger partial charge in [0.2, 0.25) is 0 Å². The van der Waals surface area contributed by atoms with Crippen LogP contribution in [0.3, 0.4) is 0 Å². The first-order valence-corrected chi connectivity index (χ1v) is 10.2. The third kappa shape index (κ3) is 4.19. The van der Waals surface area contributed by atoms with E-state index in [2.05, 4.69) is 19.9 Å². The Morgan fingerprint density at radius 3 is 2.35 bits per heavy atom. The molecule has 1 aliphatic heterocycles. The number of nitrogens with one attached hydrogen (secondary N) is 1. The quantitative estimate of drug-likeness (QED) is 0.652. The van der Waals surface area contributed by atoms with Crippen LogP contribution in [0.25, 0.3) is 11.4 Å². The Kier molecular flexibility index (Phi) is 5.54. The third-order valence-corrected chi connectivity index (χ3v) is 5.71. The van der Waals surface area contributed by atoms with E-state index in [0.717, 1.165) is 11.4 Å². The fourth-order valence-corrected chi connectivity index (χ4v) is 3.65. The number of ketones is 1. The van der Waals surface area contributed by atoms with Crippen molar-refractivity contribution in [3.05, 3.63) is 69.5 Å². The highest BCUT2D eigenvalue weighted by Crippen LogP contribution is 2.24. The van der Waals surface area contributed by atoms with Gasteiger partial charge in [-0.1, -0.05) is 0 Å². The molecule has 0 spiro atoms. The Morgan fingerprint density at radius 2 is 1.77 bits per heavy atom. The van der Waals surface area contributed by atoms with Crippen molar-refractivity contribution in [3.8, 4) is 11.4 Å². The number of benzene rings is 1. The van der Waals surface area contributed by atoms with Gasteiger partial charge < -0.3 is 14.8 Å². The van der Waals surface area contributed by atoms with Crippen molar-refractivity contribution in [2.75, 3.05) is 36.0 Å². The zero-order valence-corrected chi connectivity index (χ0v) is 17.8. The minimum atomic E-state index is -0.376. The summed E-state index contributed by atoms with van der Waals surface area (Å²) in [5, 5.41) is 0. The van der Waals surface area contributed by atoms with E-state index >= 15 is 0 Å². The van der Waals surface area contributed by atoms with E-state index in [4.69, 9.17) is 0 Å². The summed E-state index contributed by atoms with van der Waals surface area (Å²) in [5.41, 5.74) is 2.80. The number of halogens is 1. The van der Waals surface area contributed by atoms with Gasteiger partial charge in [0.1, 0.15) is 17.5 Å². The Balaban J connectivity index is 1.45. The molecule has 1 aliphatic rings. The molecule has 3 aromatic rings. The van der Waals surface area contributed by atoms with Crippen LogP contribution in [-0.2, 0) is 0 Å². The van der Waals surface area contributed by atoms with Crippen molar-refractivity contribution in [2.24, 2.45) is 0 Å². The lowest BCUT2D eigenvalue weighted by Crippen LogP contribution is -2.47. The minimum Gasteiger partial charge on any atom is -0.366 e. The first kappa shape index (κ1) is 20.7. The van der Waals surface area contributed by atoms with Crippen molar-refractivity contribution < 1.29 is 9.18 Å². The molecular weight excluding hydrogens is 397 g/mol. The van der Waals surface area contributed by atoms with Gasteiger partial charge in [-0.2, -0.15) is 0 Å². The highest BCUT2D eigenvalue weighted by molar-refractivity contribution is 5.94. The van der Waals surface area contributed by atoms with Crippen LogP contribution in [0.5, 0.6) is 0 Å². The number of Topliss-reactive ketones (excluding diaryl/α,β-unsaturated/α-hetero) is 1. The van der Waals surface area contributed by atoms with Crippen LogP contribution in [0.2, 0.25) is 0 Å². The molecule has 1 fully saturated rings. The molecule has 0 aliphatic carbocycles. The molecule has 1 aromatic carbocycles. The summed E-state index contributed by atoms with van der Waals surface area (Å²) in [6.45, 7) is 7.66. The number of hydrogen-bond acceptors (Lipinski definition) is 6. The summed E-state index contributed by atoms with van der Waals surface area (Å²) >= 11 is 0. The molecular formula is C23H24FN5O2. The summed E-state index contributed by atoms with van der Waals surface area (Å²) < 4.78 is 14.5. The van der Waals surface area contributed by atoms with Gasteiger partial charge in [0.15, 0.2) is 5.78 Å². The van der Waals surface area contributed by atoms with Crippen LogP contribution >= 0.6 is 0 Å². The molecule has 2 aromatic heterocycles. The largest absolute Gasteiger partial charge is 0.366 e. The summed E-state index contributed by atoms with van der Waals surface area (Å²) in [4.78, 5) is 39.3. The molecule has 1 saturated heterocycles. The number of H-pyrrole nitrogens is 1. The predicted molar refractivity (Wildman–Crippen MR) is 118 cm³/mol. The van der Waals surface area contributed by atoms with Gasteiger partial charge in [-0.25, -0.2) is 14.4 Å². The average Bonchev–Trinajstić information content (AvgIpc) is 2.77. The SMILES string of the molecule is CC(=O)c1ccc(N2CCN(c3ccc(-c4nc(C)c(C)c(=O)[nH]4)cn3)CC2)c(F)c1. The van der Waals surface area contributed by atoms with Gasteiger partial charge in [-0.05, 0) is 51.1 Å². The number of aromatic amines is 1. The van der Waals surface area contributed by atoms with E-state index in [9.17, 15) is 14.0 Å². The smallest absolute Gasteiger partial charge is 0.254 e. The second-order valence-electron chi connectivity index (χ2n) is 7.73. The summed E-state index contributed by atoms with van der Waals surface area (Å²) in [6, 6.07) is 8.43. The second-order valence-corrected chi connectivity index (χ2v) is 7.73. The van der Waals surface area contributed by atoms with Crippen molar-refractivity contribution in [3.63, 3.8) is 0 Å². The molecule has 160 valence electrons. The van der Waals surface area contributed by atoms with Gasteiger partial charge in [-0.3, -0.25) is 9.59 Å². The summed E-state index contributed by atoms with van der Waals surface area (Å²) in [7, 11) is 0. The van der Waals surface area contributed by atoms with E-state index in [0.29, 0.717) is 54.5 Å². The van der Waals surface area contributed by atoms with Gasteiger partial charge in [0.25, 0.3) is 5.56 Å². The maximum Gasteiger partial charge on any atom is 0.254 e. The van der Waals surface area contributed by atoms with Crippen LogP contribution in [0.4, 0.5) is 15.9 Å². The standard InChI is InChI=1S/C23H24FN5O2/c1-14-15(2)26-22(27-23(14)31)18-5-7-21(25-13-18)29-10-8-28(9-11-29)20-6-4-17(16(3)30)12-19(20)24/h4-7,12-13H,8-11H2,1-3H3,(H,26,27,31). The number of carbonyl (C=O) groups excluding carboxylic acids is 1. The molecule has 4 rings (SSSR count). The number of rotatable bonds is 4. The number of anilines is 2. The third-order valence-electron chi connectivity index (χ3n) is 5.71. The minimum absolute atomic E-state index is 0.147. The Morgan fingerprint density at radius 1 is 1.06 bits per heavy atom. The number of pyridine rings is 1. The fraction of sp³-hybridized carbons (Fsp3) is 0.304. The molecule has 3 heterocycles. The molecule has 8 heteroatoms. The maximum absolute atomic E-state index is 14.5. The number of carbonyl (C=O) groups is 1. The van der Waals surface area contributed by atoms with E-state index in [1.165, 1.54) is 13.0 Å². The van der Waals surface area contributed by atoms with Gasteiger partial charge in [0, 0.05) is 54.8 Å². The topological polar surface area (TPSA) is 82.2 Å². The summed E-state index contributed by atoms with van der Waals surface area (Å²) in [5.74, 6) is 0.798. The van der Waals surface area contributed by atoms with Crippen molar-refractivity contribution >= 4 is 17.3 Å². The molecule has 0 atom stereocenters. The van der Waals surface area contributed by atoms with E-state index in [1.54, 1.807) is 25.3 Å². The first-order valence-electron chi connectivity index (χ1n) is 10.2. The maximum atomic E-state index is 14.5. The molecule has 7 nitrogen and oxygen atoms in total. The number of aryl methyl sites for hydroxylation is 1. The Labute approximate surface area is 179 Å². The van der Waals surface area contributed by atoms with Crippen molar-refractivity contribution in [2.45, 2.75) is 20.8 Å². The van der Waals surface area contributed by atoms with E-state index in [-0.39, 0.29) is 17.2 Å². The molecule has 0 saturated carbocycles. The molecule has 0 radical (unpaired) electrons. The van der Waals surface area contributed by atoms with Crippen LogP contribution in [0.1, 0.15) is 28.5 Å². The Hall–Kier alpha value is -3.55. The van der Waals surface area contributed by atoms with Crippen LogP contribution < -0.4 is 15.4 Å². The van der Waals surface area contributed by atoms with E-state index < -0.39 is 0 Å². The zero-order valence-electron chi connectivity index (χ0n) is 17.8. The molecule has 0 bridgehead atoms. The lowest BCUT2D eigenvalue weighted by Gasteiger charge is -2.36. The van der Waals surface area contributed by atoms with Crippen molar-refractivity contribution in [1.82, 2.24) is 15.0 Å². The lowest BCUT2D eigenvalue weighted by atomic mass is 10.1. The number of hydrogen-bond donors (Lipinski definition) is 1. The Bertz CT molecular complexity index is 1180. The van der Waals surface area contributed by atoms with Gasteiger partial charge >= 0.3 is 0 Å². The second kappa shape index (κ2) is 8.29. The van der Waals surface area contributed by atoms with Crippen LogP contribution in [-0.4, -0.2) is 46.9 Å². The lowest BCUT2D eigenvalue weighted by molar-refractivity contribution is 0.101. The van der Waals surface area contributed by atoms with Gasteiger partial charge in [0.05, 0.1) is 5.69 Å². The molecule has 0 amide bonds. The molecule has 1 N–H and O–H groups in total. The zero-order chi connectivity index (χ0) is 22.1. The van der Waals surface area contributed by atoms with Gasteiger partial charge in [-0.15, -0.1) is 0 Å². The first-order chi connectivity index (χ1) is 14.8. The predicted octanol–water partition coefficient (Wildman–Crippen LogP) is 3.12. The number of aromatic nitrogens is 3. The normalized spacial score (nSPS) is 14.1. The molecule has 31 heavy (non-hydrogen) atoms. The highest BCUT2D eigenvalue weighted by Gasteiger charge is 2.21. The number of nitrogens with zero attached hydrogens (tertiary/aromatic N) is 4. The van der Waals surface area contributed by atoms with E-state index in [1.807, 2.05) is 24.0 Å². The van der Waals surface area contributed by atoms with Crippen molar-refractivity contribution in [1.29, 1.82) is 0 Å².